The van der Waals surface area contributed by atoms with Crippen molar-refractivity contribution in [3.8, 4) is 5.88 Å². The first-order valence-corrected chi connectivity index (χ1v) is 7.06. The van der Waals surface area contributed by atoms with E-state index in [0.29, 0.717) is 43.8 Å². The second-order valence-electron chi connectivity index (χ2n) is 5.29. The van der Waals surface area contributed by atoms with Crippen LogP contribution in [0.4, 0.5) is 0 Å². The van der Waals surface area contributed by atoms with Crippen LogP contribution in [0.5, 0.6) is 5.88 Å². The molecule has 1 amide bonds. The summed E-state index contributed by atoms with van der Waals surface area (Å²) in [6, 6.07) is 3.36. The predicted octanol–water partition coefficient (Wildman–Crippen LogP) is 1.81. The van der Waals surface area contributed by atoms with Crippen LogP contribution in [0.2, 0.25) is 0 Å². The van der Waals surface area contributed by atoms with E-state index in [1.165, 1.54) is 7.11 Å². The van der Waals surface area contributed by atoms with E-state index in [-0.39, 0.29) is 5.91 Å². The number of carboxylic acid groups (broad SMARTS) is 1. The van der Waals surface area contributed by atoms with Gasteiger partial charge in [0.25, 0.3) is 5.91 Å². The number of methoxy groups -OCH3 is 1. The van der Waals surface area contributed by atoms with E-state index in [4.69, 9.17) is 4.74 Å². The van der Waals surface area contributed by atoms with Crippen molar-refractivity contribution >= 4 is 11.9 Å². The molecule has 0 aromatic carbocycles. The van der Waals surface area contributed by atoms with Crippen molar-refractivity contribution in [3.05, 3.63) is 23.9 Å². The van der Waals surface area contributed by atoms with Gasteiger partial charge >= 0.3 is 5.97 Å². The van der Waals surface area contributed by atoms with Crippen LogP contribution >= 0.6 is 0 Å². The van der Waals surface area contributed by atoms with Crippen molar-refractivity contribution < 1.29 is 19.4 Å². The first-order chi connectivity index (χ1) is 10.0. The van der Waals surface area contributed by atoms with Crippen molar-refractivity contribution in [2.75, 3.05) is 20.2 Å². The number of carbonyl (C=O) groups is 2. The number of pyridine rings is 1. The van der Waals surface area contributed by atoms with E-state index in [1.54, 1.807) is 23.2 Å². The number of carbonyl (C=O) groups excluding carboxylic acids is 1. The van der Waals surface area contributed by atoms with Crippen LogP contribution in [0.3, 0.4) is 0 Å². The van der Waals surface area contributed by atoms with Gasteiger partial charge in [0, 0.05) is 19.3 Å². The zero-order valence-electron chi connectivity index (χ0n) is 12.3. The molecule has 1 N–H and O–H groups in total. The fourth-order valence-electron chi connectivity index (χ4n) is 2.74. The summed E-state index contributed by atoms with van der Waals surface area (Å²) in [7, 11) is 1.47. The fourth-order valence-corrected chi connectivity index (χ4v) is 2.74. The van der Waals surface area contributed by atoms with Gasteiger partial charge in [-0.25, -0.2) is 4.98 Å². The molecule has 1 aliphatic rings. The molecular formula is C15H20N2O4. The van der Waals surface area contributed by atoms with Gasteiger partial charge in [-0.1, -0.05) is 6.92 Å². The van der Waals surface area contributed by atoms with Crippen molar-refractivity contribution in [3.63, 3.8) is 0 Å². The van der Waals surface area contributed by atoms with Crippen LogP contribution in [0.1, 0.15) is 36.5 Å². The Kier molecular flexibility index (Phi) is 4.45. The largest absolute Gasteiger partial charge is 0.481 e. The highest BCUT2D eigenvalue weighted by Crippen LogP contribution is 2.35. The van der Waals surface area contributed by atoms with Gasteiger partial charge in [0.05, 0.1) is 12.5 Å². The number of ether oxygens (including phenoxy) is 1. The normalized spacial score (nSPS) is 17.3. The molecule has 114 valence electrons. The minimum Gasteiger partial charge on any atom is -0.481 e. The third kappa shape index (κ3) is 2.84. The minimum atomic E-state index is -0.768. The summed E-state index contributed by atoms with van der Waals surface area (Å²) in [4.78, 5) is 29.6. The maximum Gasteiger partial charge on any atom is 0.309 e. The summed E-state index contributed by atoms with van der Waals surface area (Å²) in [6.07, 6.45) is 3.11. The van der Waals surface area contributed by atoms with Gasteiger partial charge in [-0.3, -0.25) is 9.59 Å². The van der Waals surface area contributed by atoms with E-state index >= 15 is 0 Å². The summed E-state index contributed by atoms with van der Waals surface area (Å²) in [5, 5.41) is 9.38. The number of hydrogen-bond acceptors (Lipinski definition) is 4. The second-order valence-corrected chi connectivity index (χ2v) is 5.29. The molecule has 0 aliphatic carbocycles. The van der Waals surface area contributed by atoms with E-state index in [2.05, 4.69) is 4.98 Å². The standard InChI is InChI=1S/C15H20N2O4/c1-3-15(14(19)20)6-9-17(10-7-15)13(18)11-5-4-8-16-12(11)21-2/h4-5,8H,3,6-7,9-10H2,1-2H3,(H,19,20). The number of amides is 1. The molecule has 0 atom stereocenters. The number of likely N-dealkylation sites (tertiary alicyclic amines) is 1. The van der Waals surface area contributed by atoms with Crippen molar-refractivity contribution in [1.29, 1.82) is 0 Å². The summed E-state index contributed by atoms with van der Waals surface area (Å²) < 4.78 is 5.10. The molecule has 0 saturated carbocycles. The highest BCUT2D eigenvalue weighted by Gasteiger charge is 2.41. The van der Waals surface area contributed by atoms with Crippen LogP contribution in [-0.4, -0.2) is 47.1 Å². The molecule has 6 nitrogen and oxygen atoms in total. The first-order valence-electron chi connectivity index (χ1n) is 7.06. The van der Waals surface area contributed by atoms with Gasteiger partial charge in [0.2, 0.25) is 5.88 Å². The molecular weight excluding hydrogens is 272 g/mol. The Balaban J connectivity index is 2.12. The Labute approximate surface area is 123 Å². The number of aliphatic carboxylic acids is 1. The number of rotatable bonds is 4. The maximum absolute atomic E-state index is 12.5. The molecule has 2 rings (SSSR count). The van der Waals surface area contributed by atoms with Crippen LogP contribution < -0.4 is 4.74 Å². The second kappa shape index (κ2) is 6.11. The molecule has 0 radical (unpaired) electrons. The first kappa shape index (κ1) is 15.3. The number of hydrogen-bond donors (Lipinski definition) is 1. The molecule has 1 fully saturated rings. The smallest absolute Gasteiger partial charge is 0.309 e. The summed E-state index contributed by atoms with van der Waals surface area (Å²) in [6.45, 7) is 2.77. The van der Waals surface area contributed by atoms with Gasteiger partial charge in [-0.05, 0) is 31.4 Å². The van der Waals surface area contributed by atoms with Crippen LogP contribution in [0, 0.1) is 5.41 Å². The maximum atomic E-state index is 12.5. The molecule has 0 bridgehead atoms. The molecule has 6 heteroatoms. The van der Waals surface area contributed by atoms with E-state index in [1.807, 2.05) is 6.92 Å². The molecule has 1 aromatic heterocycles. The summed E-state index contributed by atoms with van der Waals surface area (Å²) >= 11 is 0. The highest BCUT2D eigenvalue weighted by atomic mass is 16.5. The monoisotopic (exact) mass is 292 g/mol. The Morgan fingerprint density at radius 1 is 1.43 bits per heavy atom. The molecule has 21 heavy (non-hydrogen) atoms. The Bertz CT molecular complexity index is 536. The van der Waals surface area contributed by atoms with Gasteiger partial charge < -0.3 is 14.7 Å². The lowest BCUT2D eigenvalue weighted by Crippen LogP contribution is -2.46. The van der Waals surface area contributed by atoms with Gasteiger partial charge in [0.1, 0.15) is 5.56 Å². The zero-order chi connectivity index (χ0) is 15.5. The molecule has 0 spiro atoms. The van der Waals surface area contributed by atoms with E-state index in [0.717, 1.165) is 0 Å². The lowest BCUT2D eigenvalue weighted by Gasteiger charge is -2.38. The summed E-state index contributed by atoms with van der Waals surface area (Å²) in [5.74, 6) is -0.626. The summed E-state index contributed by atoms with van der Waals surface area (Å²) in [5.41, 5.74) is -0.283. The number of aromatic nitrogens is 1. The van der Waals surface area contributed by atoms with Crippen LogP contribution in [0.25, 0.3) is 0 Å². The van der Waals surface area contributed by atoms with Gasteiger partial charge in [-0.15, -0.1) is 0 Å². The lowest BCUT2D eigenvalue weighted by atomic mass is 9.76. The Hall–Kier alpha value is -2.11. The van der Waals surface area contributed by atoms with Crippen molar-refractivity contribution in [2.45, 2.75) is 26.2 Å². The molecule has 2 heterocycles. The predicted molar refractivity (Wildman–Crippen MR) is 76.3 cm³/mol. The van der Waals surface area contributed by atoms with Crippen LogP contribution in [-0.2, 0) is 4.79 Å². The zero-order valence-corrected chi connectivity index (χ0v) is 12.3. The molecule has 1 saturated heterocycles. The number of piperidine rings is 1. The molecule has 1 aromatic rings. The highest BCUT2D eigenvalue weighted by molar-refractivity contribution is 5.96. The van der Waals surface area contributed by atoms with Crippen LogP contribution in [0.15, 0.2) is 18.3 Å². The minimum absolute atomic E-state index is 0.157. The fraction of sp³-hybridized carbons (Fsp3) is 0.533. The Morgan fingerprint density at radius 3 is 2.62 bits per heavy atom. The third-order valence-corrected chi connectivity index (χ3v) is 4.33. The van der Waals surface area contributed by atoms with E-state index in [9.17, 15) is 14.7 Å². The van der Waals surface area contributed by atoms with Crippen molar-refractivity contribution in [2.24, 2.45) is 5.41 Å². The Morgan fingerprint density at radius 2 is 2.10 bits per heavy atom. The average Bonchev–Trinajstić information content (AvgIpc) is 2.54. The van der Waals surface area contributed by atoms with Gasteiger partial charge in [-0.2, -0.15) is 0 Å². The average molecular weight is 292 g/mol. The third-order valence-electron chi connectivity index (χ3n) is 4.33. The molecule has 1 aliphatic heterocycles. The quantitative estimate of drug-likeness (QED) is 0.915. The number of carboxylic acids is 1. The number of nitrogens with zero attached hydrogens (tertiary/aromatic N) is 2. The lowest BCUT2D eigenvalue weighted by molar-refractivity contribution is -0.152. The van der Waals surface area contributed by atoms with E-state index < -0.39 is 11.4 Å². The van der Waals surface area contributed by atoms with Gasteiger partial charge in [0.15, 0.2) is 0 Å². The SMILES string of the molecule is CCC1(C(=O)O)CCN(C(=O)c2cccnc2OC)CC1. The topological polar surface area (TPSA) is 79.7 Å². The van der Waals surface area contributed by atoms with Crippen molar-refractivity contribution in [1.82, 2.24) is 9.88 Å². The molecule has 0 unspecified atom stereocenters.